The van der Waals surface area contributed by atoms with Gasteiger partial charge in [0, 0.05) is 12.1 Å². The topological polar surface area (TPSA) is 55.5 Å². The van der Waals surface area contributed by atoms with E-state index in [4.69, 9.17) is 10.5 Å². The van der Waals surface area contributed by atoms with E-state index in [1.54, 1.807) is 6.92 Å². The maximum absolute atomic E-state index is 10.5. The summed E-state index contributed by atoms with van der Waals surface area (Å²) in [6.07, 6.45) is 0. The monoisotopic (exact) mass is 271 g/mol. The molecule has 0 spiro atoms. The van der Waals surface area contributed by atoms with Gasteiger partial charge in [-0.2, -0.15) is 0 Å². The molecule has 0 fully saturated rings. The molecule has 0 radical (unpaired) electrons. The summed E-state index contributed by atoms with van der Waals surface area (Å²) < 4.78 is 5.77. The van der Waals surface area contributed by atoms with E-state index < -0.39 is 5.60 Å². The molecule has 3 N–H and O–H groups in total. The minimum absolute atomic E-state index is 0.188. The lowest BCUT2D eigenvalue weighted by atomic mass is 9.97. The van der Waals surface area contributed by atoms with Gasteiger partial charge in [0.15, 0.2) is 0 Å². The highest BCUT2D eigenvalue weighted by Crippen LogP contribution is 2.24. The van der Waals surface area contributed by atoms with Crippen molar-refractivity contribution in [2.45, 2.75) is 26.0 Å². The molecule has 2 aromatic rings. The van der Waals surface area contributed by atoms with Crippen LogP contribution in [0.5, 0.6) is 5.75 Å². The van der Waals surface area contributed by atoms with E-state index in [1.807, 2.05) is 55.5 Å². The van der Waals surface area contributed by atoms with Gasteiger partial charge in [0.1, 0.15) is 18.0 Å². The molecular weight excluding hydrogens is 250 g/mol. The number of aliphatic hydroxyl groups is 1. The van der Waals surface area contributed by atoms with Gasteiger partial charge in [-0.05, 0) is 25.5 Å². The zero-order valence-corrected chi connectivity index (χ0v) is 12.0. The lowest BCUT2D eigenvalue weighted by molar-refractivity contribution is 0.00731. The first-order chi connectivity index (χ1) is 9.53. The van der Waals surface area contributed by atoms with Gasteiger partial charge in [0.25, 0.3) is 0 Å². The van der Waals surface area contributed by atoms with Gasteiger partial charge in [-0.15, -0.1) is 0 Å². The highest BCUT2D eigenvalue weighted by Gasteiger charge is 2.24. The van der Waals surface area contributed by atoms with Crippen molar-refractivity contribution in [2.75, 3.05) is 6.61 Å². The Morgan fingerprint density at radius 3 is 2.50 bits per heavy atom. The summed E-state index contributed by atoms with van der Waals surface area (Å²) in [7, 11) is 0. The van der Waals surface area contributed by atoms with E-state index in [2.05, 4.69) is 0 Å². The van der Waals surface area contributed by atoms with Crippen molar-refractivity contribution in [3.63, 3.8) is 0 Å². The molecule has 1 unspecified atom stereocenters. The molecule has 0 aliphatic rings. The lowest BCUT2D eigenvalue weighted by Crippen LogP contribution is -2.29. The molecular formula is C17H21NO2. The van der Waals surface area contributed by atoms with Crippen molar-refractivity contribution in [3.8, 4) is 5.75 Å². The van der Waals surface area contributed by atoms with Crippen LogP contribution in [0.2, 0.25) is 0 Å². The summed E-state index contributed by atoms with van der Waals surface area (Å²) in [5.74, 6) is 0.731. The summed E-state index contributed by atoms with van der Waals surface area (Å²) in [5, 5.41) is 10.5. The molecule has 0 aliphatic carbocycles. The summed E-state index contributed by atoms with van der Waals surface area (Å²) >= 11 is 0. The molecule has 0 aliphatic heterocycles. The van der Waals surface area contributed by atoms with Crippen LogP contribution in [-0.4, -0.2) is 11.7 Å². The number of hydrogen-bond donors (Lipinski definition) is 2. The Morgan fingerprint density at radius 2 is 1.85 bits per heavy atom. The molecule has 0 bridgehead atoms. The van der Waals surface area contributed by atoms with E-state index in [0.717, 1.165) is 22.4 Å². The maximum Gasteiger partial charge on any atom is 0.123 e. The number of rotatable bonds is 5. The average molecular weight is 271 g/mol. The van der Waals surface area contributed by atoms with E-state index in [9.17, 15) is 5.11 Å². The molecule has 0 saturated carbocycles. The van der Waals surface area contributed by atoms with Crippen LogP contribution >= 0.6 is 0 Å². The Morgan fingerprint density at radius 1 is 1.15 bits per heavy atom. The summed E-state index contributed by atoms with van der Waals surface area (Å²) in [4.78, 5) is 0. The summed E-state index contributed by atoms with van der Waals surface area (Å²) in [5.41, 5.74) is 7.63. The number of benzene rings is 2. The zero-order chi connectivity index (χ0) is 14.6. The van der Waals surface area contributed by atoms with Gasteiger partial charge < -0.3 is 15.6 Å². The van der Waals surface area contributed by atoms with Crippen molar-refractivity contribution in [1.29, 1.82) is 0 Å². The van der Waals surface area contributed by atoms with Gasteiger partial charge in [-0.1, -0.05) is 48.0 Å². The first-order valence-corrected chi connectivity index (χ1v) is 6.73. The highest BCUT2D eigenvalue weighted by atomic mass is 16.5. The molecule has 3 heteroatoms. The van der Waals surface area contributed by atoms with Crippen LogP contribution < -0.4 is 10.5 Å². The first-order valence-electron chi connectivity index (χ1n) is 6.73. The molecule has 20 heavy (non-hydrogen) atoms. The van der Waals surface area contributed by atoms with Crippen LogP contribution in [0.15, 0.2) is 48.5 Å². The number of nitrogens with two attached hydrogens (primary N) is 1. The van der Waals surface area contributed by atoms with Crippen molar-refractivity contribution in [3.05, 3.63) is 65.2 Å². The molecule has 0 heterocycles. The summed E-state index contributed by atoms with van der Waals surface area (Å²) in [6, 6.07) is 15.4. The highest BCUT2D eigenvalue weighted by molar-refractivity contribution is 5.37. The van der Waals surface area contributed by atoms with Gasteiger partial charge in [-0.3, -0.25) is 0 Å². The molecule has 0 amide bonds. The van der Waals surface area contributed by atoms with Crippen molar-refractivity contribution < 1.29 is 9.84 Å². The molecule has 1 atom stereocenters. The Balaban J connectivity index is 2.12. The van der Waals surface area contributed by atoms with Crippen LogP contribution in [0.1, 0.15) is 23.6 Å². The lowest BCUT2D eigenvalue weighted by Gasteiger charge is -2.24. The van der Waals surface area contributed by atoms with Gasteiger partial charge in [-0.25, -0.2) is 0 Å². The Kier molecular flexibility index (Phi) is 4.42. The second kappa shape index (κ2) is 6.07. The maximum atomic E-state index is 10.5. The minimum atomic E-state index is -1.03. The fourth-order valence-electron chi connectivity index (χ4n) is 2.11. The third kappa shape index (κ3) is 3.38. The second-order valence-electron chi connectivity index (χ2n) is 5.24. The normalized spacial score (nSPS) is 13.8. The predicted octanol–water partition coefficient (Wildman–Crippen LogP) is 2.74. The molecule has 0 aromatic heterocycles. The van der Waals surface area contributed by atoms with Gasteiger partial charge in [0.2, 0.25) is 0 Å². The van der Waals surface area contributed by atoms with Crippen LogP contribution in [0.25, 0.3) is 0 Å². The van der Waals surface area contributed by atoms with Crippen molar-refractivity contribution in [1.82, 2.24) is 0 Å². The van der Waals surface area contributed by atoms with E-state index in [1.165, 1.54) is 0 Å². The molecule has 2 aromatic carbocycles. The van der Waals surface area contributed by atoms with Crippen LogP contribution in [-0.2, 0) is 12.1 Å². The van der Waals surface area contributed by atoms with Crippen molar-refractivity contribution in [2.24, 2.45) is 5.73 Å². The summed E-state index contributed by atoms with van der Waals surface area (Å²) in [6.45, 7) is 4.37. The Hall–Kier alpha value is -1.84. The fraction of sp³-hybridized carbons (Fsp3) is 0.294. The molecule has 3 nitrogen and oxygen atoms in total. The van der Waals surface area contributed by atoms with Gasteiger partial charge in [0.05, 0.1) is 0 Å². The van der Waals surface area contributed by atoms with Gasteiger partial charge >= 0.3 is 0 Å². The standard InChI is InChI=1S/C17H21NO2/c1-13-8-9-16(14(10-13)11-18)20-12-17(2,19)15-6-4-3-5-7-15/h3-10,19H,11-12,18H2,1-2H3. The van der Waals surface area contributed by atoms with E-state index in [0.29, 0.717) is 6.54 Å². The van der Waals surface area contributed by atoms with Crippen molar-refractivity contribution >= 4 is 0 Å². The quantitative estimate of drug-likeness (QED) is 0.879. The largest absolute Gasteiger partial charge is 0.490 e. The third-order valence-corrected chi connectivity index (χ3v) is 3.34. The van der Waals surface area contributed by atoms with Crippen LogP contribution in [0, 0.1) is 6.92 Å². The molecule has 2 rings (SSSR count). The first kappa shape index (κ1) is 14.6. The van der Waals surface area contributed by atoms with E-state index >= 15 is 0 Å². The third-order valence-electron chi connectivity index (χ3n) is 3.34. The average Bonchev–Trinajstić information content (AvgIpc) is 2.46. The second-order valence-corrected chi connectivity index (χ2v) is 5.24. The minimum Gasteiger partial charge on any atom is -0.490 e. The number of hydrogen-bond acceptors (Lipinski definition) is 3. The van der Waals surface area contributed by atoms with E-state index in [-0.39, 0.29) is 6.61 Å². The zero-order valence-electron chi connectivity index (χ0n) is 12.0. The Labute approximate surface area is 120 Å². The smallest absolute Gasteiger partial charge is 0.123 e. The molecule has 106 valence electrons. The Bertz CT molecular complexity index is 564. The predicted molar refractivity (Wildman–Crippen MR) is 80.6 cm³/mol. The molecule has 0 saturated heterocycles. The number of ether oxygens (including phenoxy) is 1. The van der Waals surface area contributed by atoms with Crippen LogP contribution in [0.3, 0.4) is 0 Å². The fourth-order valence-corrected chi connectivity index (χ4v) is 2.11. The van der Waals surface area contributed by atoms with Crippen LogP contribution in [0.4, 0.5) is 0 Å². The SMILES string of the molecule is Cc1ccc(OCC(C)(O)c2ccccc2)c(CN)c1. The number of aryl methyl sites for hydroxylation is 1.